The maximum absolute atomic E-state index is 13.4. The average molecular weight is 389 g/mol. The van der Waals surface area contributed by atoms with Crippen LogP contribution < -0.4 is 5.32 Å². The smallest absolute Gasteiger partial charge is 0.273 e. The van der Waals surface area contributed by atoms with E-state index >= 15 is 0 Å². The van der Waals surface area contributed by atoms with Crippen LogP contribution in [0.5, 0.6) is 0 Å². The molecule has 0 spiro atoms. The third kappa shape index (κ3) is 4.38. The number of carbonyl (C=O) groups excluding carboxylic acids is 1. The first kappa shape index (κ1) is 19.0. The average Bonchev–Trinajstić information content (AvgIpc) is 3.37. The number of benzene rings is 1. The molecule has 1 N–H and O–H groups in total. The van der Waals surface area contributed by atoms with Gasteiger partial charge in [-0.15, -0.1) is 5.10 Å². The number of hydrogen-bond acceptors (Lipinski definition) is 4. The zero-order chi connectivity index (χ0) is 19.5. The van der Waals surface area contributed by atoms with Crippen molar-refractivity contribution in [2.45, 2.75) is 57.2 Å². The summed E-state index contributed by atoms with van der Waals surface area (Å²) in [5.74, 6) is -1.81. The third-order valence-corrected chi connectivity index (χ3v) is 5.68. The molecule has 1 atom stereocenters. The predicted octanol–water partition coefficient (Wildman–Crippen LogP) is 3.07. The van der Waals surface area contributed by atoms with E-state index in [4.69, 9.17) is 0 Å². The Morgan fingerprint density at radius 2 is 1.96 bits per heavy atom. The molecule has 150 valence electrons. The maximum Gasteiger partial charge on any atom is 0.273 e. The zero-order valence-corrected chi connectivity index (χ0v) is 15.8. The Morgan fingerprint density at radius 1 is 1.14 bits per heavy atom. The van der Waals surface area contributed by atoms with Crippen LogP contribution in [0.3, 0.4) is 0 Å². The zero-order valence-electron chi connectivity index (χ0n) is 15.8. The SMILES string of the molecule is O=C(NC1CCCC1)c1cn([C@@H]2CCCN(Cc3ccc(F)c(F)c3)C2)nn1. The number of likely N-dealkylation sites (tertiary alicyclic amines) is 1. The number of nitrogens with one attached hydrogen (secondary N) is 1. The molecule has 0 radical (unpaired) electrons. The summed E-state index contributed by atoms with van der Waals surface area (Å²) in [5, 5.41) is 11.3. The van der Waals surface area contributed by atoms with E-state index in [1.807, 2.05) is 0 Å². The van der Waals surface area contributed by atoms with Crippen molar-refractivity contribution in [3.8, 4) is 0 Å². The molecule has 1 aromatic heterocycles. The summed E-state index contributed by atoms with van der Waals surface area (Å²) in [7, 11) is 0. The maximum atomic E-state index is 13.4. The van der Waals surface area contributed by atoms with Crippen LogP contribution in [-0.4, -0.2) is 44.9 Å². The summed E-state index contributed by atoms with van der Waals surface area (Å²) in [6, 6.07) is 4.39. The molecule has 1 amide bonds. The van der Waals surface area contributed by atoms with Gasteiger partial charge in [-0.1, -0.05) is 24.1 Å². The molecule has 1 aromatic carbocycles. The van der Waals surface area contributed by atoms with Crippen LogP contribution in [0.2, 0.25) is 0 Å². The van der Waals surface area contributed by atoms with E-state index in [0.717, 1.165) is 57.2 Å². The largest absolute Gasteiger partial charge is 0.348 e. The van der Waals surface area contributed by atoms with Crippen molar-refractivity contribution in [2.75, 3.05) is 13.1 Å². The van der Waals surface area contributed by atoms with Gasteiger partial charge in [0.15, 0.2) is 17.3 Å². The topological polar surface area (TPSA) is 63.1 Å². The van der Waals surface area contributed by atoms with E-state index in [-0.39, 0.29) is 18.0 Å². The van der Waals surface area contributed by atoms with Gasteiger partial charge in [-0.2, -0.15) is 0 Å². The number of carbonyl (C=O) groups is 1. The Hall–Kier alpha value is -2.35. The molecule has 4 rings (SSSR count). The molecule has 0 unspecified atom stereocenters. The molecule has 2 aliphatic rings. The number of nitrogens with zero attached hydrogens (tertiary/aromatic N) is 4. The van der Waals surface area contributed by atoms with E-state index in [1.165, 1.54) is 12.1 Å². The third-order valence-electron chi connectivity index (χ3n) is 5.68. The molecule has 1 aliphatic carbocycles. The Morgan fingerprint density at radius 3 is 2.75 bits per heavy atom. The van der Waals surface area contributed by atoms with Gasteiger partial charge in [-0.05, 0) is 49.9 Å². The Balaban J connectivity index is 1.37. The highest BCUT2D eigenvalue weighted by molar-refractivity contribution is 5.92. The molecule has 1 saturated heterocycles. The van der Waals surface area contributed by atoms with Crippen LogP contribution in [0, 0.1) is 11.6 Å². The Bertz CT molecular complexity index is 834. The molecule has 1 saturated carbocycles. The van der Waals surface area contributed by atoms with Gasteiger partial charge in [0.1, 0.15) is 0 Å². The minimum Gasteiger partial charge on any atom is -0.348 e. The molecule has 2 aromatic rings. The standard InChI is InChI=1S/C20H25F2N5O/c21-17-8-7-14(10-18(17)22)11-26-9-3-6-16(12-26)27-13-19(24-25-27)20(28)23-15-4-1-2-5-15/h7-8,10,13,15-16H,1-6,9,11-12H2,(H,23,28)/t16-/m1/s1. The predicted molar refractivity (Wildman–Crippen MR) is 99.7 cm³/mol. The van der Waals surface area contributed by atoms with Gasteiger partial charge in [-0.3, -0.25) is 9.69 Å². The number of rotatable bonds is 5. The van der Waals surface area contributed by atoms with Crippen LogP contribution in [-0.2, 0) is 6.54 Å². The van der Waals surface area contributed by atoms with Gasteiger partial charge in [0.2, 0.25) is 0 Å². The lowest BCUT2D eigenvalue weighted by Crippen LogP contribution is -2.36. The lowest BCUT2D eigenvalue weighted by molar-refractivity contribution is 0.0932. The van der Waals surface area contributed by atoms with Gasteiger partial charge in [0, 0.05) is 19.1 Å². The van der Waals surface area contributed by atoms with Crippen molar-refractivity contribution in [3.05, 3.63) is 47.3 Å². The highest BCUT2D eigenvalue weighted by atomic mass is 19.2. The van der Waals surface area contributed by atoms with Crippen LogP contribution in [0.25, 0.3) is 0 Å². The fraction of sp³-hybridized carbons (Fsp3) is 0.550. The quantitative estimate of drug-likeness (QED) is 0.854. The minimum absolute atomic E-state index is 0.111. The van der Waals surface area contributed by atoms with E-state index in [1.54, 1.807) is 16.9 Å². The molecular formula is C20H25F2N5O. The van der Waals surface area contributed by atoms with Gasteiger partial charge in [0.25, 0.3) is 5.91 Å². The molecule has 8 heteroatoms. The van der Waals surface area contributed by atoms with E-state index in [0.29, 0.717) is 12.2 Å². The number of hydrogen-bond donors (Lipinski definition) is 1. The molecule has 0 bridgehead atoms. The monoisotopic (exact) mass is 389 g/mol. The lowest BCUT2D eigenvalue weighted by atomic mass is 10.0. The van der Waals surface area contributed by atoms with E-state index in [9.17, 15) is 13.6 Å². The van der Waals surface area contributed by atoms with Crippen LogP contribution >= 0.6 is 0 Å². The highest BCUT2D eigenvalue weighted by Crippen LogP contribution is 2.23. The van der Waals surface area contributed by atoms with Crippen molar-refractivity contribution in [1.29, 1.82) is 0 Å². The second-order valence-electron chi connectivity index (χ2n) is 7.82. The number of amides is 1. The summed E-state index contributed by atoms with van der Waals surface area (Å²) in [4.78, 5) is 14.6. The van der Waals surface area contributed by atoms with Crippen molar-refractivity contribution >= 4 is 5.91 Å². The molecule has 2 fully saturated rings. The second kappa shape index (κ2) is 8.34. The first-order chi connectivity index (χ1) is 13.6. The Labute approximate surface area is 162 Å². The van der Waals surface area contributed by atoms with Crippen LogP contribution in [0.1, 0.15) is 60.6 Å². The minimum atomic E-state index is -0.828. The van der Waals surface area contributed by atoms with Crippen LogP contribution in [0.15, 0.2) is 24.4 Å². The van der Waals surface area contributed by atoms with Gasteiger partial charge >= 0.3 is 0 Å². The van der Waals surface area contributed by atoms with E-state index < -0.39 is 11.6 Å². The summed E-state index contributed by atoms with van der Waals surface area (Å²) in [5.41, 5.74) is 1.10. The summed E-state index contributed by atoms with van der Waals surface area (Å²) < 4.78 is 28.3. The first-order valence-electron chi connectivity index (χ1n) is 9.97. The molecule has 28 heavy (non-hydrogen) atoms. The molecule has 6 nitrogen and oxygen atoms in total. The normalized spacial score (nSPS) is 21.1. The Kier molecular flexibility index (Phi) is 5.66. The summed E-state index contributed by atoms with van der Waals surface area (Å²) in [6.45, 7) is 2.17. The van der Waals surface area contributed by atoms with Crippen molar-refractivity contribution in [3.63, 3.8) is 0 Å². The van der Waals surface area contributed by atoms with Crippen molar-refractivity contribution < 1.29 is 13.6 Å². The fourth-order valence-corrected chi connectivity index (χ4v) is 4.18. The van der Waals surface area contributed by atoms with Crippen molar-refractivity contribution in [1.82, 2.24) is 25.2 Å². The van der Waals surface area contributed by atoms with E-state index in [2.05, 4.69) is 20.5 Å². The summed E-state index contributed by atoms with van der Waals surface area (Å²) >= 11 is 0. The highest BCUT2D eigenvalue weighted by Gasteiger charge is 2.25. The number of aromatic nitrogens is 3. The molecule has 1 aliphatic heterocycles. The van der Waals surface area contributed by atoms with Crippen LogP contribution in [0.4, 0.5) is 8.78 Å². The lowest BCUT2D eigenvalue weighted by Gasteiger charge is -2.32. The van der Waals surface area contributed by atoms with Crippen molar-refractivity contribution in [2.24, 2.45) is 0 Å². The molecule has 2 heterocycles. The van der Waals surface area contributed by atoms with Gasteiger partial charge in [0.05, 0.1) is 12.2 Å². The van der Waals surface area contributed by atoms with Gasteiger partial charge < -0.3 is 5.32 Å². The summed E-state index contributed by atoms with van der Waals surface area (Å²) in [6.07, 6.45) is 8.01. The van der Waals surface area contributed by atoms with Gasteiger partial charge in [-0.25, -0.2) is 13.5 Å². The number of halogens is 2. The fourth-order valence-electron chi connectivity index (χ4n) is 4.18. The first-order valence-corrected chi connectivity index (χ1v) is 9.97. The molecular weight excluding hydrogens is 364 g/mol. The number of piperidine rings is 1. The second-order valence-corrected chi connectivity index (χ2v) is 7.82.